The largest absolute Gasteiger partial charge is 0.382 e. The van der Waals surface area contributed by atoms with E-state index in [1.165, 1.54) is 0 Å². The first kappa shape index (κ1) is 14.4. The maximum absolute atomic E-state index is 14.0. The standard InChI is InChI=1S/C17H19FN4/c1-10-14(7-13(18)8-15(10)21(3)4)12-5-6-16-20-17(19)11(2)22(16)9-12/h5-9H,19H2,1-4H3. The van der Waals surface area contributed by atoms with E-state index in [1.54, 1.807) is 12.1 Å². The number of aromatic nitrogens is 2. The number of rotatable bonds is 2. The highest BCUT2D eigenvalue weighted by Gasteiger charge is 2.13. The number of pyridine rings is 1. The van der Waals surface area contributed by atoms with E-state index < -0.39 is 0 Å². The summed E-state index contributed by atoms with van der Waals surface area (Å²) in [5.41, 5.74) is 11.3. The minimum absolute atomic E-state index is 0.244. The molecule has 1 aromatic carbocycles. The van der Waals surface area contributed by atoms with Crippen LogP contribution in [0.4, 0.5) is 15.9 Å². The molecular formula is C17H19FN4. The van der Waals surface area contributed by atoms with Crippen molar-refractivity contribution in [3.8, 4) is 11.1 Å². The molecule has 0 saturated carbocycles. The van der Waals surface area contributed by atoms with E-state index in [-0.39, 0.29) is 5.82 Å². The first-order valence-corrected chi connectivity index (χ1v) is 7.10. The monoisotopic (exact) mass is 298 g/mol. The summed E-state index contributed by atoms with van der Waals surface area (Å²) in [5.74, 6) is 0.272. The lowest BCUT2D eigenvalue weighted by Crippen LogP contribution is -2.11. The summed E-state index contributed by atoms with van der Waals surface area (Å²) >= 11 is 0. The smallest absolute Gasteiger partial charge is 0.145 e. The zero-order valence-electron chi connectivity index (χ0n) is 13.2. The lowest BCUT2D eigenvalue weighted by atomic mass is 10.00. The van der Waals surface area contributed by atoms with E-state index in [1.807, 2.05) is 55.6 Å². The molecule has 0 amide bonds. The number of nitrogens with zero attached hydrogens (tertiary/aromatic N) is 3. The number of hydrogen-bond donors (Lipinski definition) is 1. The Balaban J connectivity index is 2.25. The second-order valence-corrected chi connectivity index (χ2v) is 5.72. The molecule has 5 heteroatoms. The summed E-state index contributed by atoms with van der Waals surface area (Å²) < 4.78 is 15.9. The average Bonchev–Trinajstić information content (AvgIpc) is 2.75. The quantitative estimate of drug-likeness (QED) is 0.788. The highest BCUT2D eigenvalue weighted by atomic mass is 19.1. The first-order valence-electron chi connectivity index (χ1n) is 7.10. The Morgan fingerprint density at radius 2 is 1.91 bits per heavy atom. The second kappa shape index (κ2) is 5.02. The Hall–Kier alpha value is -2.56. The van der Waals surface area contributed by atoms with Crippen molar-refractivity contribution < 1.29 is 4.39 Å². The maximum Gasteiger partial charge on any atom is 0.145 e. The van der Waals surface area contributed by atoms with Crippen molar-refractivity contribution in [1.82, 2.24) is 9.38 Å². The van der Waals surface area contributed by atoms with Gasteiger partial charge in [-0.2, -0.15) is 0 Å². The van der Waals surface area contributed by atoms with Crippen LogP contribution in [0.5, 0.6) is 0 Å². The number of nitrogen functional groups attached to an aromatic ring is 1. The van der Waals surface area contributed by atoms with Gasteiger partial charge in [0.15, 0.2) is 0 Å². The van der Waals surface area contributed by atoms with E-state index >= 15 is 0 Å². The van der Waals surface area contributed by atoms with Crippen molar-refractivity contribution in [2.45, 2.75) is 13.8 Å². The van der Waals surface area contributed by atoms with Crippen LogP contribution in [-0.2, 0) is 0 Å². The van der Waals surface area contributed by atoms with Crippen molar-refractivity contribution in [1.29, 1.82) is 0 Å². The van der Waals surface area contributed by atoms with Crippen LogP contribution in [0.1, 0.15) is 11.3 Å². The van der Waals surface area contributed by atoms with Crippen molar-refractivity contribution >= 4 is 17.2 Å². The van der Waals surface area contributed by atoms with Gasteiger partial charge in [0.1, 0.15) is 17.3 Å². The van der Waals surface area contributed by atoms with E-state index in [2.05, 4.69) is 4.98 Å². The van der Waals surface area contributed by atoms with Gasteiger partial charge in [0.25, 0.3) is 0 Å². The molecule has 0 saturated heterocycles. The summed E-state index contributed by atoms with van der Waals surface area (Å²) in [6, 6.07) is 6.97. The molecule has 0 unspecified atom stereocenters. The molecule has 0 radical (unpaired) electrons. The maximum atomic E-state index is 14.0. The van der Waals surface area contributed by atoms with Gasteiger partial charge in [0.05, 0.1) is 5.69 Å². The molecule has 0 aliphatic carbocycles. The van der Waals surface area contributed by atoms with Crippen LogP contribution in [0.2, 0.25) is 0 Å². The SMILES string of the molecule is Cc1c(-c2ccc3nc(N)c(C)n3c2)cc(F)cc1N(C)C. The Labute approximate surface area is 129 Å². The van der Waals surface area contributed by atoms with Gasteiger partial charge in [-0.25, -0.2) is 9.37 Å². The Morgan fingerprint density at radius 1 is 1.18 bits per heavy atom. The minimum atomic E-state index is -0.244. The summed E-state index contributed by atoms with van der Waals surface area (Å²) in [5, 5.41) is 0. The molecule has 0 atom stereocenters. The summed E-state index contributed by atoms with van der Waals surface area (Å²) in [4.78, 5) is 6.21. The van der Waals surface area contributed by atoms with Crippen LogP contribution in [0.15, 0.2) is 30.5 Å². The predicted molar refractivity (Wildman–Crippen MR) is 88.8 cm³/mol. The fourth-order valence-electron chi connectivity index (χ4n) is 2.77. The van der Waals surface area contributed by atoms with Gasteiger partial charge in [-0.3, -0.25) is 0 Å². The van der Waals surface area contributed by atoms with E-state index in [9.17, 15) is 4.39 Å². The normalized spacial score (nSPS) is 11.1. The molecule has 0 aliphatic heterocycles. The molecule has 3 aromatic rings. The number of aryl methyl sites for hydroxylation is 1. The van der Waals surface area contributed by atoms with Crippen molar-refractivity contribution in [2.75, 3.05) is 24.7 Å². The number of hydrogen-bond acceptors (Lipinski definition) is 3. The van der Waals surface area contributed by atoms with Gasteiger partial charge in [0, 0.05) is 26.0 Å². The Bertz CT molecular complexity index is 865. The predicted octanol–water partition coefficient (Wildman–Crippen LogP) is 3.41. The minimum Gasteiger partial charge on any atom is -0.382 e. The molecule has 0 spiro atoms. The molecule has 22 heavy (non-hydrogen) atoms. The third kappa shape index (κ3) is 2.19. The average molecular weight is 298 g/mol. The van der Waals surface area contributed by atoms with Crippen LogP contribution < -0.4 is 10.6 Å². The Morgan fingerprint density at radius 3 is 2.59 bits per heavy atom. The van der Waals surface area contributed by atoms with E-state index in [0.29, 0.717) is 5.82 Å². The van der Waals surface area contributed by atoms with Crippen LogP contribution in [0, 0.1) is 19.7 Å². The number of fused-ring (bicyclic) bond motifs is 1. The fourth-order valence-corrected chi connectivity index (χ4v) is 2.77. The summed E-state index contributed by atoms with van der Waals surface area (Å²) in [6.07, 6.45) is 1.95. The van der Waals surface area contributed by atoms with Crippen LogP contribution in [0.25, 0.3) is 16.8 Å². The zero-order valence-corrected chi connectivity index (χ0v) is 13.2. The highest BCUT2D eigenvalue weighted by molar-refractivity contribution is 5.75. The van der Waals surface area contributed by atoms with Crippen molar-refractivity contribution in [3.63, 3.8) is 0 Å². The number of nitrogens with two attached hydrogens (primary N) is 1. The van der Waals surface area contributed by atoms with Gasteiger partial charge >= 0.3 is 0 Å². The third-order valence-electron chi connectivity index (χ3n) is 4.03. The molecule has 0 fully saturated rings. The summed E-state index contributed by atoms with van der Waals surface area (Å²) in [6.45, 7) is 3.92. The van der Waals surface area contributed by atoms with Crippen LogP contribution in [-0.4, -0.2) is 23.5 Å². The molecule has 0 bridgehead atoms. The van der Waals surface area contributed by atoms with Gasteiger partial charge in [-0.15, -0.1) is 0 Å². The zero-order chi connectivity index (χ0) is 16.0. The lowest BCUT2D eigenvalue weighted by Gasteiger charge is -2.19. The molecule has 4 nitrogen and oxygen atoms in total. The molecule has 2 N–H and O–H groups in total. The molecule has 3 rings (SSSR count). The van der Waals surface area contributed by atoms with Crippen LogP contribution in [0.3, 0.4) is 0 Å². The van der Waals surface area contributed by atoms with Gasteiger partial charge in [-0.1, -0.05) is 0 Å². The number of anilines is 2. The first-order chi connectivity index (χ1) is 10.4. The van der Waals surface area contributed by atoms with Crippen molar-refractivity contribution in [2.24, 2.45) is 0 Å². The highest BCUT2D eigenvalue weighted by Crippen LogP contribution is 2.32. The number of benzene rings is 1. The Kier molecular flexibility index (Phi) is 3.28. The van der Waals surface area contributed by atoms with Gasteiger partial charge in [-0.05, 0) is 54.8 Å². The third-order valence-corrected chi connectivity index (χ3v) is 4.03. The number of halogens is 1. The second-order valence-electron chi connectivity index (χ2n) is 5.72. The van der Waals surface area contributed by atoms with E-state index in [0.717, 1.165) is 33.7 Å². The number of imidazole rings is 1. The lowest BCUT2D eigenvalue weighted by molar-refractivity contribution is 0.627. The fraction of sp³-hybridized carbons (Fsp3) is 0.235. The topological polar surface area (TPSA) is 46.6 Å². The molecule has 2 heterocycles. The molecule has 0 aliphatic rings. The molecule has 2 aromatic heterocycles. The van der Waals surface area contributed by atoms with Crippen LogP contribution >= 0.6 is 0 Å². The van der Waals surface area contributed by atoms with Crippen molar-refractivity contribution in [3.05, 3.63) is 47.5 Å². The van der Waals surface area contributed by atoms with Gasteiger partial charge in [0.2, 0.25) is 0 Å². The molecule has 114 valence electrons. The summed E-state index contributed by atoms with van der Waals surface area (Å²) in [7, 11) is 3.82. The van der Waals surface area contributed by atoms with Gasteiger partial charge < -0.3 is 15.0 Å². The van der Waals surface area contributed by atoms with E-state index in [4.69, 9.17) is 5.73 Å². The molecular weight excluding hydrogens is 279 g/mol.